The fraction of sp³-hybridized carbons (Fsp3) is 0.647. The van der Waals surface area contributed by atoms with Crippen LogP contribution in [0.2, 0.25) is 0 Å². The molecule has 0 saturated carbocycles. The molecule has 0 bridgehead atoms. The van der Waals surface area contributed by atoms with Crippen LogP contribution in [0.25, 0.3) is 0 Å². The second kappa shape index (κ2) is 8.47. The normalized spacial score (nSPS) is 20.7. The molecule has 0 amide bonds. The van der Waals surface area contributed by atoms with Crippen LogP contribution in [0.3, 0.4) is 0 Å². The number of nitrogens with one attached hydrogen (secondary N) is 1. The van der Waals surface area contributed by atoms with E-state index in [0.29, 0.717) is 5.92 Å². The zero-order valence-corrected chi connectivity index (χ0v) is 13.1. The zero-order chi connectivity index (χ0) is 15.1. The van der Waals surface area contributed by atoms with E-state index in [0.717, 1.165) is 44.8 Å². The van der Waals surface area contributed by atoms with E-state index in [2.05, 4.69) is 24.2 Å². The van der Waals surface area contributed by atoms with Crippen molar-refractivity contribution in [2.45, 2.75) is 25.8 Å². The van der Waals surface area contributed by atoms with E-state index >= 15 is 0 Å². The Kier molecular flexibility index (Phi) is 6.61. The summed E-state index contributed by atoms with van der Waals surface area (Å²) in [4.78, 5) is 2.29. The van der Waals surface area contributed by atoms with Gasteiger partial charge in [-0.3, -0.25) is 0 Å². The van der Waals surface area contributed by atoms with Crippen molar-refractivity contribution in [1.82, 2.24) is 10.2 Å². The van der Waals surface area contributed by atoms with Gasteiger partial charge >= 0.3 is 0 Å². The van der Waals surface area contributed by atoms with Crippen molar-refractivity contribution in [3.63, 3.8) is 0 Å². The highest BCUT2D eigenvalue weighted by atomic mass is 19.1. The fourth-order valence-corrected chi connectivity index (χ4v) is 3.06. The highest BCUT2D eigenvalue weighted by Crippen LogP contribution is 2.20. The first-order chi connectivity index (χ1) is 10.2. The summed E-state index contributed by atoms with van der Waals surface area (Å²) in [6, 6.07) is 7.09. The molecule has 0 radical (unpaired) electrons. The third-order valence-corrected chi connectivity index (χ3v) is 4.05. The van der Waals surface area contributed by atoms with Crippen molar-refractivity contribution >= 4 is 0 Å². The first kappa shape index (κ1) is 16.4. The predicted octanol–water partition coefficient (Wildman–Crippen LogP) is 2.83. The lowest BCUT2D eigenvalue weighted by Gasteiger charge is -2.30. The van der Waals surface area contributed by atoms with Gasteiger partial charge in [0.25, 0.3) is 0 Å². The maximum absolute atomic E-state index is 14.0. The monoisotopic (exact) mass is 294 g/mol. The quantitative estimate of drug-likeness (QED) is 0.837. The molecular formula is C17H27FN2O. The van der Waals surface area contributed by atoms with Gasteiger partial charge in [-0.05, 0) is 38.4 Å². The molecule has 3 nitrogen and oxygen atoms in total. The minimum absolute atomic E-state index is 0.0331. The van der Waals surface area contributed by atoms with Crippen molar-refractivity contribution in [2.75, 3.05) is 39.9 Å². The van der Waals surface area contributed by atoms with Gasteiger partial charge in [0.1, 0.15) is 5.82 Å². The number of hydrogen-bond acceptors (Lipinski definition) is 3. The Hall–Kier alpha value is -0.970. The van der Waals surface area contributed by atoms with Gasteiger partial charge in [-0.1, -0.05) is 25.1 Å². The molecule has 2 rings (SSSR count). The Bertz CT molecular complexity index is 421. The molecule has 1 saturated heterocycles. The number of ether oxygens (including phenoxy) is 1. The lowest BCUT2D eigenvalue weighted by atomic mass is 10.0. The standard InChI is InChI=1S/C17H27FN2O/c1-3-19-17(15-8-4-5-9-16(15)18)12-20(2)11-14-7-6-10-21-13-14/h4-5,8-9,14,17,19H,3,6-7,10-13H2,1-2H3. The van der Waals surface area contributed by atoms with Gasteiger partial charge in [0.15, 0.2) is 0 Å². The van der Waals surface area contributed by atoms with Gasteiger partial charge in [0.05, 0.1) is 6.61 Å². The number of hydrogen-bond donors (Lipinski definition) is 1. The summed E-state index contributed by atoms with van der Waals surface area (Å²) in [6.45, 7) is 6.47. The third-order valence-electron chi connectivity index (χ3n) is 4.05. The highest BCUT2D eigenvalue weighted by molar-refractivity contribution is 5.21. The van der Waals surface area contributed by atoms with Gasteiger partial charge in [-0.15, -0.1) is 0 Å². The Labute approximate surface area is 127 Å². The van der Waals surface area contributed by atoms with Crippen LogP contribution in [0.5, 0.6) is 0 Å². The van der Waals surface area contributed by atoms with Crippen LogP contribution in [0, 0.1) is 11.7 Å². The molecular weight excluding hydrogens is 267 g/mol. The van der Waals surface area contributed by atoms with Crippen LogP contribution in [0.4, 0.5) is 4.39 Å². The molecule has 2 atom stereocenters. The molecule has 1 aliphatic heterocycles. The van der Waals surface area contributed by atoms with Crippen LogP contribution in [-0.2, 0) is 4.74 Å². The summed E-state index contributed by atoms with van der Waals surface area (Å²) in [6.07, 6.45) is 2.39. The summed E-state index contributed by atoms with van der Waals surface area (Å²) < 4.78 is 19.5. The predicted molar refractivity (Wildman–Crippen MR) is 83.9 cm³/mol. The van der Waals surface area contributed by atoms with E-state index in [-0.39, 0.29) is 11.9 Å². The molecule has 21 heavy (non-hydrogen) atoms. The molecule has 1 N–H and O–H groups in total. The molecule has 0 aliphatic carbocycles. The number of halogens is 1. The number of nitrogens with zero attached hydrogens (tertiary/aromatic N) is 1. The smallest absolute Gasteiger partial charge is 0.128 e. The third kappa shape index (κ3) is 5.06. The summed E-state index contributed by atoms with van der Waals surface area (Å²) in [5.74, 6) is 0.476. The topological polar surface area (TPSA) is 24.5 Å². The minimum atomic E-state index is -0.127. The number of rotatable bonds is 7. The molecule has 1 aliphatic rings. The lowest BCUT2D eigenvalue weighted by Crippen LogP contribution is -2.37. The molecule has 118 valence electrons. The Morgan fingerprint density at radius 2 is 2.24 bits per heavy atom. The van der Waals surface area contributed by atoms with Crippen LogP contribution in [0.15, 0.2) is 24.3 Å². The van der Waals surface area contributed by atoms with Gasteiger partial charge in [0, 0.05) is 31.3 Å². The van der Waals surface area contributed by atoms with Crippen LogP contribution >= 0.6 is 0 Å². The van der Waals surface area contributed by atoms with Crippen molar-refractivity contribution in [3.05, 3.63) is 35.6 Å². The zero-order valence-electron chi connectivity index (χ0n) is 13.1. The SMILES string of the molecule is CCNC(CN(C)CC1CCCOC1)c1ccccc1F. The minimum Gasteiger partial charge on any atom is -0.381 e. The van der Waals surface area contributed by atoms with E-state index in [1.165, 1.54) is 12.5 Å². The van der Waals surface area contributed by atoms with Crippen LogP contribution < -0.4 is 5.32 Å². The first-order valence-corrected chi connectivity index (χ1v) is 7.94. The largest absolute Gasteiger partial charge is 0.381 e. The number of benzene rings is 1. The van der Waals surface area contributed by atoms with Gasteiger partial charge < -0.3 is 15.0 Å². The van der Waals surface area contributed by atoms with Crippen LogP contribution in [0.1, 0.15) is 31.4 Å². The molecule has 1 fully saturated rings. The molecule has 1 heterocycles. The van der Waals surface area contributed by atoms with Gasteiger partial charge in [0.2, 0.25) is 0 Å². The highest BCUT2D eigenvalue weighted by Gasteiger charge is 2.20. The van der Waals surface area contributed by atoms with Crippen molar-refractivity contribution < 1.29 is 9.13 Å². The maximum atomic E-state index is 14.0. The molecule has 2 unspecified atom stereocenters. The molecule has 0 aromatic heterocycles. The van der Waals surface area contributed by atoms with Crippen molar-refractivity contribution in [2.24, 2.45) is 5.92 Å². The van der Waals surface area contributed by atoms with Gasteiger partial charge in [-0.2, -0.15) is 0 Å². The summed E-state index contributed by atoms with van der Waals surface area (Å²) in [7, 11) is 2.11. The van der Waals surface area contributed by atoms with E-state index < -0.39 is 0 Å². The maximum Gasteiger partial charge on any atom is 0.128 e. The fourth-order valence-electron chi connectivity index (χ4n) is 3.06. The molecule has 0 spiro atoms. The van der Waals surface area contributed by atoms with Crippen molar-refractivity contribution in [1.29, 1.82) is 0 Å². The van der Waals surface area contributed by atoms with Gasteiger partial charge in [-0.25, -0.2) is 4.39 Å². The summed E-state index contributed by atoms with van der Waals surface area (Å²) in [5, 5.41) is 3.39. The second-order valence-corrected chi connectivity index (χ2v) is 5.94. The van der Waals surface area contributed by atoms with Crippen LogP contribution in [-0.4, -0.2) is 44.8 Å². The second-order valence-electron chi connectivity index (χ2n) is 5.94. The lowest BCUT2D eigenvalue weighted by molar-refractivity contribution is 0.0409. The van der Waals surface area contributed by atoms with E-state index in [4.69, 9.17) is 4.74 Å². The molecule has 1 aromatic rings. The van der Waals surface area contributed by atoms with E-state index in [9.17, 15) is 4.39 Å². The average molecular weight is 294 g/mol. The average Bonchev–Trinajstić information content (AvgIpc) is 2.48. The Morgan fingerprint density at radius 1 is 1.43 bits per heavy atom. The number of likely N-dealkylation sites (N-methyl/N-ethyl adjacent to an activating group) is 2. The molecule has 4 heteroatoms. The summed E-state index contributed by atoms with van der Waals surface area (Å²) >= 11 is 0. The Morgan fingerprint density at radius 3 is 2.90 bits per heavy atom. The first-order valence-electron chi connectivity index (χ1n) is 7.94. The van der Waals surface area contributed by atoms with Crippen molar-refractivity contribution in [3.8, 4) is 0 Å². The van der Waals surface area contributed by atoms with E-state index in [1.54, 1.807) is 6.07 Å². The Balaban J connectivity index is 1.94. The summed E-state index contributed by atoms with van der Waals surface area (Å²) in [5.41, 5.74) is 0.756. The van der Waals surface area contributed by atoms with E-state index in [1.807, 2.05) is 12.1 Å². The molecule has 1 aromatic carbocycles.